The van der Waals surface area contributed by atoms with Crippen LogP contribution in [0.2, 0.25) is 0 Å². The van der Waals surface area contributed by atoms with Gasteiger partial charge in [0.1, 0.15) is 0 Å². The molecule has 2 N–H and O–H groups in total. The number of hydrogen-bond donors (Lipinski definition) is 2. The Morgan fingerprint density at radius 2 is 1.69 bits per heavy atom. The van der Waals surface area contributed by atoms with Gasteiger partial charge in [-0.1, -0.05) is 33.6 Å². The van der Waals surface area contributed by atoms with Crippen molar-refractivity contribution in [2.24, 2.45) is 5.41 Å². The Kier molecular flexibility index (Phi) is 5.26. The van der Waals surface area contributed by atoms with Crippen LogP contribution in [0.15, 0.2) is 0 Å². The molecule has 0 heterocycles. The minimum Gasteiger partial charge on any atom is -0.389 e. The third-order valence-corrected chi connectivity index (χ3v) is 4.68. The first kappa shape index (κ1) is 14.0. The Morgan fingerprint density at radius 3 is 2.12 bits per heavy atom. The van der Waals surface area contributed by atoms with Gasteiger partial charge < -0.3 is 10.4 Å². The SMILES string of the molecule is CCC(O)(CC)CNCC1(CC)CCCC1. The number of aliphatic hydroxyl groups is 1. The first-order valence-electron chi connectivity index (χ1n) is 7.03. The first-order valence-corrected chi connectivity index (χ1v) is 7.03. The van der Waals surface area contributed by atoms with Crippen molar-refractivity contribution in [3.63, 3.8) is 0 Å². The maximum absolute atomic E-state index is 10.2. The van der Waals surface area contributed by atoms with Crippen LogP contribution in [0.5, 0.6) is 0 Å². The topological polar surface area (TPSA) is 32.3 Å². The van der Waals surface area contributed by atoms with Crippen molar-refractivity contribution < 1.29 is 5.11 Å². The quantitative estimate of drug-likeness (QED) is 0.700. The molecule has 1 fully saturated rings. The summed E-state index contributed by atoms with van der Waals surface area (Å²) in [6.07, 6.45) is 8.48. The van der Waals surface area contributed by atoms with E-state index in [4.69, 9.17) is 0 Å². The summed E-state index contributed by atoms with van der Waals surface area (Å²) in [4.78, 5) is 0. The Labute approximate surface area is 101 Å². The van der Waals surface area contributed by atoms with E-state index in [-0.39, 0.29) is 0 Å². The summed E-state index contributed by atoms with van der Waals surface area (Å²) in [6, 6.07) is 0. The van der Waals surface area contributed by atoms with Gasteiger partial charge >= 0.3 is 0 Å². The van der Waals surface area contributed by atoms with Gasteiger partial charge in [-0.25, -0.2) is 0 Å². The summed E-state index contributed by atoms with van der Waals surface area (Å²) >= 11 is 0. The molecule has 16 heavy (non-hydrogen) atoms. The standard InChI is InChI=1S/C14H29NO/c1-4-13(9-7-8-10-13)11-15-12-14(16,5-2)6-3/h15-16H,4-12H2,1-3H3. The molecule has 0 spiro atoms. The van der Waals surface area contributed by atoms with Gasteiger partial charge in [0.05, 0.1) is 5.60 Å². The van der Waals surface area contributed by atoms with Crippen LogP contribution in [0, 0.1) is 5.41 Å². The Morgan fingerprint density at radius 1 is 1.12 bits per heavy atom. The van der Waals surface area contributed by atoms with Gasteiger partial charge in [0.25, 0.3) is 0 Å². The zero-order valence-electron chi connectivity index (χ0n) is 11.3. The smallest absolute Gasteiger partial charge is 0.0766 e. The summed E-state index contributed by atoms with van der Waals surface area (Å²) in [6.45, 7) is 8.28. The fourth-order valence-corrected chi connectivity index (χ4v) is 2.84. The van der Waals surface area contributed by atoms with Gasteiger partial charge in [-0.3, -0.25) is 0 Å². The van der Waals surface area contributed by atoms with E-state index in [1.54, 1.807) is 0 Å². The highest BCUT2D eigenvalue weighted by Gasteiger charge is 2.32. The third kappa shape index (κ3) is 3.46. The minimum absolute atomic E-state index is 0.493. The molecule has 0 aromatic heterocycles. The predicted octanol–water partition coefficient (Wildman–Crippen LogP) is 3.10. The average Bonchev–Trinajstić information content (AvgIpc) is 2.78. The van der Waals surface area contributed by atoms with Gasteiger partial charge in [0.2, 0.25) is 0 Å². The Hall–Kier alpha value is -0.0800. The second-order valence-electron chi connectivity index (χ2n) is 5.60. The molecule has 0 bridgehead atoms. The number of rotatable bonds is 7. The summed E-state index contributed by atoms with van der Waals surface area (Å²) in [5.74, 6) is 0. The Balaban J connectivity index is 2.33. The lowest BCUT2D eigenvalue weighted by molar-refractivity contribution is 0.0296. The predicted molar refractivity (Wildman–Crippen MR) is 69.6 cm³/mol. The van der Waals surface area contributed by atoms with Crippen LogP contribution in [-0.4, -0.2) is 23.8 Å². The van der Waals surface area contributed by atoms with Crippen LogP contribution < -0.4 is 5.32 Å². The van der Waals surface area contributed by atoms with Crippen molar-refractivity contribution in [2.75, 3.05) is 13.1 Å². The van der Waals surface area contributed by atoms with Crippen molar-refractivity contribution in [3.8, 4) is 0 Å². The molecule has 0 radical (unpaired) electrons. The van der Waals surface area contributed by atoms with E-state index in [1.807, 2.05) is 0 Å². The molecule has 1 saturated carbocycles. The highest BCUT2D eigenvalue weighted by molar-refractivity contribution is 4.87. The van der Waals surface area contributed by atoms with E-state index in [9.17, 15) is 5.11 Å². The molecule has 0 aromatic carbocycles. The van der Waals surface area contributed by atoms with Crippen molar-refractivity contribution in [1.82, 2.24) is 5.32 Å². The molecule has 1 aliphatic rings. The zero-order chi connectivity index (χ0) is 12.1. The monoisotopic (exact) mass is 227 g/mol. The summed E-state index contributed by atoms with van der Waals surface area (Å²) in [5, 5.41) is 13.7. The lowest BCUT2D eigenvalue weighted by Gasteiger charge is -2.31. The molecule has 1 rings (SSSR count). The van der Waals surface area contributed by atoms with Crippen molar-refractivity contribution in [2.45, 2.75) is 71.3 Å². The molecule has 0 atom stereocenters. The summed E-state index contributed by atoms with van der Waals surface area (Å²) < 4.78 is 0. The molecule has 0 saturated heterocycles. The maximum atomic E-state index is 10.2. The molecule has 0 aromatic rings. The van der Waals surface area contributed by atoms with Crippen LogP contribution in [-0.2, 0) is 0 Å². The van der Waals surface area contributed by atoms with Gasteiger partial charge in [-0.05, 0) is 37.5 Å². The van der Waals surface area contributed by atoms with E-state index in [0.717, 1.165) is 25.9 Å². The van der Waals surface area contributed by atoms with Gasteiger partial charge in [-0.15, -0.1) is 0 Å². The van der Waals surface area contributed by atoms with Gasteiger partial charge in [0.15, 0.2) is 0 Å². The zero-order valence-corrected chi connectivity index (χ0v) is 11.3. The van der Waals surface area contributed by atoms with Crippen molar-refractivity contribution >= 4 is 0 Å². The van der Waals surface area contributed by atoms with E-state index in [2.05, 4.69) is 26.1 Å². The molecule has 96 valence electrons. The molecule has 2 heteroatoms. The number of nitrogens with one attached hydrogen (secondary N) is 1. The largest absolute Gasteiger partial charge is 0.389 e. The van der Waals surface area contributed by atoms with Crippen molar-refractivity contribution in [3.05, 3.63) is 0 Å². The molecule has 0 amide bonds. The van der Waals surface area contributed by atoms with E-state index >= 15 is 0 Å². The van der Waals surface area contributed by atoms with Gasteiger partial charge in [0, 0.05) is 13.1 Å². The molecule has 0 aliphatic heterocycles. The molecule has 1 aliphatic carbocycles. The maximum Gasteiger partial charge on any atom is 0.0766 e. The second kappa shape index (κ2) is 6.02. The Bertz CT molecular complexity index is 193. The van der Waals surface area contributed by atoms with E-state index < -0.39 is 5.60 Å². The second-order valence-corrected chi connectivity index (χ2v) is 5.60. The average molecular weight is 227 g/mol. The lowest BCUT2D eigenvalue weighted by Crippen LogP contribution is -2.43. The summed E-state index contributed by atoms with van der Waals surface area (Å²) in [7, 11) is 0. The van der Waals surface area contributed by atoms with Crippen LogP contribution in [0.1, 0.15) is 65.7 Å². The molecule has 0 unspecified atom stereocenters. The fraction of sp³-hybridized carbons (Fsp3) is 1.00. The van der Waals surface area contributed by atoms with Crippen LogP contribution in [0.4, 0.5) is 0 Å². The van der Waals surface area contributed by atoms with Crippen LogP contribution >= 0.6 is 0 Å². The summed E-state index contributed by atoms with van der Waals surface area (Å²) in [5.41, 5.74) is 0.0376. The third-order valence-electron chi connectivity index (χ3n) is 4.68. The normalized spacial score (nSPS) is 20.2. The van der Waals surface area contributed by atoms with Crippen molar-refractivity contribution in [1.29, 1.82) is 0 Å². The van der Waals surface area contributed by atoms with Crippen LogP contribution in [0.3, 0.4) is 0 Å². The minimum atomic E-state index is -0.493. The van der Waals surface area contributed by atoms with E-state index in [0.29, 0.717) is 5.41 Å². The highest BCUT2D eigenvalue weighted by Crippen LogP contribution is 2.40. The molecular weight excluding hydrogens is 198 g/mol. The van der Waals surface area contributed by atoms with Crippen LogP contribution in [0.25, 0.3) is 0 Å². The van der Waals surface area contributed by atoms with E-state index in [1.165, 1.54) is 32.1 Å². The van der Waals surface area contributed by atoms with Gasteiger partial charge in [-0.2, -0.15) is 0 Å². The number of hydrogen-bond acceptors (Lipinski definition) is 2. The highest BCUT2D eigenvalue weighted by atomic mass is 16.3. The molecular formula is C14H29NO. The first-order chi connectivity index (χ1) is 7.60. The molecule has 2 nitrogen and oxygen atoms in total. The lowest BCUT2D eigenvalue weighted by atomic mass is 9.83. The fourth-order valence-electron chi connectivity index (χ4n) is 2.84.